The van der Waals surface area contributed by atoms with E-state index < -0.39 is 0 Å². The van der Waals surface area contributed by atoms with E-state index in [1.54, 1.807) is 0 Å². The Bertz CT molecular complexity index is 935. The van der Waals surface area contributed by atoms with Crippen LogP contribution in [0, 0.1) is 13.8 Å². The minimum Gasteiger partial charge on any atom is -0.487 e. The molecule has 3 aromatic rings. The van der Waals surface area contributed by atoms with E-state index in [2.05, 4.69) is 46.9 Å². The van der Waals surface area contributed by atoms with Gasteiger partial charge in [0, 0.05) is 10.7 Å². The number of benzene rings is 3. The molecule has 0 aliphatic carbocycles. The molecule has 0 spiro atoms. The van der Waals surface area contributed by atoms with E-state index in [0.29, 0.717) is 17.4 Å². The maximum Gasteiger partial charge on any atom is 0.138 e. The van der Waals surface area contributed by atoms with Crippen molar-refractivity contribution in [3.05, 3.63) is 92.4 Å². The van der Waals surface area contributed by atoms with E-state index in [0.717, 1.165) is 26.9 Å². The monoisotopic (exact) mass is 427 g/mol. The van der Waals surface area contributed by atoms with Crippen molar-refractivity contribution >= 4 is 39.4 Å². The Morgan fingerprint density at radius 2 is 1.77 bits per heavy atom. The van der Waals surface area contributed by atoms with Gasteiger partial charge in [-0.25, -0.2) is 0 Å². The molecule has 0 saturated heterocycles. The Kier molecular flexibility index (Phi) is 6.12. The molecule has 0 saturated carbocycles. The van der Waals surface area contributed by atoms with E-state index in [1.165, 1.54) is 5.56 Å². The van der Waals surface area contributed by atoms with Gasteiger partial charge in [0.15, 0.2) is 0 Å². The lowest BCUT2D eigenvalue weighted by molar-refractivity contribution is 0.306. The highest BCUT2D eigenvalue weighted by Gasteiger charge is 2.04. The van der Waals surface area contributed by atoms with Gasteiger partial charge in [-0.2, -0.15) is 0 Å². The van der Waals surface area contributed by atoms with Crippen LogP contribution in [0.25, 0.3) is 0 Å². The largest absolute Gasteiger partial charge is 0.487 e. The molecular formula is C22H19BrClNO. The molecule has 0 bridgehead atoms. The van der Waals surface area contributed by atoms with E-state index in [4.69, 9.17) is 16.3 Å². The Balaban J connectivity index is 1.68. The second-order valence-corrected chi connectivity index (χ2v) is 7.48. The SMILES string of the molecule is Cc1ccc(N=Cc2ccc(OCc3ccc(Br)cc3)c(Cl)c2)c(C)c1. The normalized spacial score (nSPS) is 11.1. The molecule has 0 aromatic heterocycles. The lowest BCUT2D eigenvalue weighted by atomic mass is 10.1. The van der Waals surface area contributed by atoms with Crippen molar-refractivity contribution in [3.63, 3.8) is 0 Å². The number of ether oxygens (including phenoxy) is 1. The Morgan fingerprint density at radius 3 is 2.46 bits per heavy atom. The van der Waals surface area contributed by atoms with Gasteiger partial charge in [0.2, 0.25) is 0 Å². The van der Waals surface area contributed by atoms with E-state index in [1.807, 2.05) is 54.7 Å². The van der Waals surface area contributed by atoms with Crippen molar-refractivity contribution in [2.75, 3.05) is 0 Å². The summed E-state index contributed by atoms with van der Waals surface area (Å²) in [5.41, 5.74) is 5.37. The maximum atomic E-state index is 6.36. The topological polar surface area (TPSA) is 21.6 Å². The summed E-state index contributed by atoms with van der Waals surface area (Å²) in [6.45, 7) is 4.61. The van der Waals surface area contributed by atoms with Crippen LogP contribution in [0.15, 0.2) is 70.1 Å². The lowest BCUT2D eigenvalue weighted by Gasteiger charge is -2.09. The quantitative estimate of drug-likeness (QED) is 0.399. The minimum atomic E-state index is 0.475. The van der Waals surface area contributed by atoms with Gasteiger partial charge in [-0.15, -0.1) is 0 Å². The van der Waals surface area contributed by atoms with Crippen molar-refractivity contribution in [2.24, 2.45) is 4.99 Å². The molecule has 132 valence electrons. The van der Waals surface area contributed by atoms with E-state index in [-0.39, 0.29) is 0 Å². The third kappa shape index (κ3) is 4.96. The number of aliphatic imine (C=N–C) groups is 1. The predicted octanol–water partition coefficient (Wildman–Crippen LogP) is 7.05. The fourth-order valence-electron chi connectivity index (χ4n) is 2.55. The van der Waals surface area contributed by atoms with Gasteiger partial charge in [-0.05, 0) is 66.9 Å². The fourth-order valence-corrected chi connectivity index (χ4v) is 3.06. The summed E-state index contributed by atoms with van der Waals surface area (Å²) in [6.07, 6.45) is 1.82. The van der Waals surface area contributed by atoms with Crippen LogP contribution in [-0.2, 0) is 6.61 Å². The average molecular weight is 429 g/mol. The third-order valence-corrected chi connectivity index (χ3v) is 4.79. The summed E-state index contributed by atoms with van der Waals surface area (Å²) in [4.78, 5) is 4.56. The van der Waals surface area contributed by atoms with Gasteiger partial charge < -0.3 is 4.74 Å². The third-order valence-electron chi connectivity index (χ3n) is 3.97. The molecule has 0 amide bonds. The van der Waals surface area contributed by atoms with Gasteiger partial charge in [-0.1, -0.05) is 57.4 Å². The molecule has 0 unspecified atom stereocenters. The van der Waals surface area contributed by atoms with E-state index in [9.17, 15) is 0 Å². The maximum absolute atomic E-state index is 6.36. The lowest BCUT2D eigenvalue weighted by Crippen LogP contribution is -1.96. The molecule has 0 N–H and O–H groups in total. The van der Waals surface area contributed by atoms with Crippen LogP contribution >= 0.6 is 27.5 Å². The van der Waals surface area contributed by atoms with Crippen LogP contribution in [0.2, 0.25) is 5.02 Å². The van der Waals surface area contributed by atoms with Crippen LogP contribution in [0.4, 0.5) is 5.69 Å². The van der Waals surface area contributed by atoms with Gasteiger partial charge in [0.05, 0.1) is 10.7 Å². The first-order valence-corrected chi connectivity index (χ1v) is 9.46. The summed E-state index contributed by atoms with van der Waals surface area (Å²) in [6, 6.07) is 19.9. The van der Waals surface area contributed by atoms with Gasteiger partial charge >= 0.3 is 0 Å². The van der Waals surface area contributed by atoms with E-state index >= 15 is 0 Å². The number of hydrogen-bond acceptors (Lipinski definition) is 2. The minimum absolute atomic E-state index is 0.475. The molecule has 0 fully saturated rings. The molecule has 0 aliphatic rings. The number of halogens is 2. The second kappa shape index (κ2) is 8.52. The molecule has 4 heteroatoms. The number of rotatable bonds is 5. The Hall–Kier alpha value is -2.10. The van der Waals surface area contributed by atoms with Crippen LogP contribution in [-0.4, -0.2) is 6.21 Å². The van der Waals surface area contributed by atoms with Gasteiger partial charge in [0.1, 0.15) is 12.4 Å². The summed E-state index contributed by atoms with van der Waals surface area (Å²) >= 11 is 9.79. The molecule has 0 aliphatic heterocycles. The zero-order chi connectivity index (χ0) is 18.5. The molecular weight excluding hydrogens is 410 g/mol. The van der Waals surface area contributed by atoms with Gasteiger partial charge in [-0.3, -0.25) is 4.99 Å². The standard InChI is InChI=1S/C22H19BrClNO/c1-15-3-9-21(16(2)11-15)25-13-18-6-10-22(20(24)12-18)26-14-17-4-7-19(23)8-5-17/h3-13H,14H2,1-2H3. The smallest absolute Gasteiger partial charge is 0.138 e. The molecule has 0 radical (unpaired) electrons. The van der Waals surface area contributed by atoms with Crippen LogP contribution in [0.1, 0.15) is 22.3 Å². The first-order chi connectivity index (χ1) is 12.5. The average Bonchev–Trinajstić information content (AvgIpc) is 2.61. The summed E-state index contributed by atoms with van der Waals surface area (Å²) in [7, 11) is 0. The Morgan fingerprint density at radius 1 is 1.00 bits per heavy atom. The Labute approximate surface area is 167 Å². The molecule has 0 atom stereocenters. The second-order valence-electron chi connectivity index (χ2n) is 6.15. The number of hydrogen-bond donors (Lipinski definition) is 0. The highest BCUT2D eigenvalue weighted by atomic mass is 79.9. The molecule has 26 heavy (non-hydrogen) atoms. The fraction of sp³-hybridized carbons (Fsp3) is 0.136. The van der Waals surface area contributed by atoms with Crippen molar-refractivity contribution in [3.8, 4) is 5.75 Å². The van der Waals surface area contributed by atoms with Crippen LogP contribution < -0.4 is 4.74 Å². The van der Waals surface area contributed by atoms with Crippen LogP contribution in [0.3, 0.4) is 0 Å². The van der Waals surface area contributed by atoms with Crippen molar-refractivity contribution in [1.29, 1.82) is 0 Å². The number of nitrogens with zero attached hydrogens (tertiary/aromatic N) is 1. The molecule has 0 heterocycles. The zero-order valence-corrected chi connectivity index (χ0v) is 17.0. The predicted molar refractivity (Wildman–Crippen MR) is 113 cm³/mol. The number of aryl methyl sites for hydroxylation is 2. The zero-order valence-electron chi connectivity index (χ0n) is 14.7. The highest BCUT2D eigenvalue weighted by molar-refractivity contribution is 9.10. The molecule has 2 nitrogen and oxygen atoms in total. The van der Waals surface area contributed by atoms with Gasteiger partial charge in [0.25, 0.3) is 0 Å². The van der Waals surface area contributed by atoms with Crippen molar-refractivity contribution in [2.45, 2.75) is 20.5 Å². The first kappa shape index (κ1) is 18.7. The summed E-state index contributed by atoms with van der Waals surface area (Å²) in [5, 5.41) is 0.576. The summed E-state index contributed by atoms with van der Waals surface area (Å²) < 4.78 is 6.87. The van der Waals surface area contributed by atoms with Crippen LogP contribution in [0.5, 0.6) is 5.75 Å². The summed E-state index contributed by atoms with van der Waals surface area (Å²) in [5.74, 6) is 0.665. The highest BCUT2D eigenvalue weighted by Crippen LogP contribution is 2.27. The molecule has 3 rings (SSSR count). The van der Waals surface area contributed by atoms with Crippen molar-refractivity contribution < 1.29 is 4.74 Å². The first-order valence-electron chi connectivity index (χ1n) is 8.29. The van der Waals surface area contributed by atoms with Crippen molar-refractivity contribution in [1.82, 2.24) is 0 Å². The molecule has 3 aromatic carbocycles.